The molecule has 0 saturated carbocycles. The van der Waals surface area contributed by atoms with Gasteiger partial charge in [-0.05, 0) is 12.5 Å². The van der Waals surface area contributed by atoms with E-state index in [-0.39, 0.29) is 5.71 Å². The van der Waals surface area contributed by atoms with Crippen LogP contribution in [-0.4, -0.2) is 22.8 Å². The third kappa shape index (κ3) is 1.62. The van der Waals surface area contributed by atoms with Crippen molar-refractivity contribution in [2.75, 3.05) is 10.7 Å². The fourth-order valence-corrected chi connectivity index (χ4v) is 1.47. The van der Waals surface area contributed by atoms with Crippen LogP contribution in [0, 0.1) is 0 Å². The number of rotatable bonds is 2. The average Bonchev–Trinajstić information content (AvgIpc) is 2.56. The Balaban J connectivity index is 2.36. The van der Waals surface area contributed by atoms with Crippen molar-refractivity contribution in [2.45, 2.75) is 19.5 Å². The van der Waals surface area contributed by atoms with E-state index in [9.17, 15) is 9.18 Å². The maximum Gasteiger partial charge on any atom is 0.287 e. The highest BCUT2D eigenvalue weighted by molar-refractivity contribution is 6.17. The van der Waals surface area contributed by atoms with E-state index in [1.165, 1.54) is 18.5 Å². The number of pyridine rings is 1. The second kappa shape index (κ2) is 3.88. The summed E-state index contributed by atoms with van der Waals surface area (Å²) in [4.78, 5) is 15.4. The Morgan fingerprint density at radius 1 is 1.56 bits per heavy atom. The van der Waals surface area contributed by atoms with Gasteiger partial charge in [0.25, 0.3) is 5.91 Å². The molecule has 6 heteroatoms. The van der Waals surface area contributed by atoms with Crippen molar-refractivity contribution in [3.8, 4) is 0 Å². The predicted octanol–water partition coefficient (Wildman–Crippen LogP) is 1.11. The topological polar surface area (TPSA) is 71.6 Å². The normalized spacial score (nSPS) is 20.1. The van der Waals surface area contributed by atoms with E-state index in [0.29, 0.717) is 17.8 Å². The zero-order chi connectivity index (χ0) is 11.7. The summed E-state index contributed by atoms with van der Waals surface area (Å²) < 4.78 is 13.4. The molecular formula is C10H11FN4O. The van der Waals surface area contributed by atoms with Gasteiger partial charge in [0.05, 0.1) is 23.3 Å². The van der Waals surface area contributed by atoms with Crippen LogP contribution in [0.2, 0.25) is 0 Å². The molecule has 0 aromatic carbocycles. The van der Waals surface area contributed by atoms with E-state index in [0.717, 1.165) is 5.01 Å². The van der Waals surface area contributed by atoms with Crippen LogP contribution in [0.25, 0.3) is 0 Å². The fraction of sp³-hybridized carbons (Fsp3) is 0.300. The number of hydrazone groups is 1. The van der Waals surface area contributed by atoms with Crippen molar-refractivity contribution in [3.63, 3.8) is 0 Å². The van der Waals surface area contributed by atoms with Crippen LogP contribution in [0.15, 0.2) is 23.6 Å². The van der Waals surface area contributed by atoms with Gasteiger partial charge in [0.15, 0.2) is 0 Å². The van der Waals surface area contributed by atoms with E-state index in [1.54, 1.807) is 6.92 Å². The van der Waals surface area contributed by atoms with Crippen LogP contribution in [0.4, 0.5) is 15.8 Å². The molecule has 5 nitrogen and oxygen atoms in total. The minimum Gasteiger partial charge on any atom is -0.397 e. The number of alkyl halides is 1. The number of aromatic nitrogens is 1. The molecule has 2 rings (SSSR count). The van der Waals surface area contributed by atoms with Gasteiger partial charge in [-0.25, -0.2) is 4.39 Å². The van der Waals surface area contributed by atoms with Gasteiger partial charge in [-0.15, -0.1) is 0 Å². The minimum atomic E-state index is -1.65. The number of anilines is 2. The molecule has 84 valence electrons. The van der Waals surface area contributed by atoms with Gasteiger partial charge in [0.2, 0.25) is 6.17 Å². The summed E-state index contributed by atoms with van der Waals surface area (Å²) in [6.45, 7) is 1.75. The van der Waals surface area contributed by atoms with Crippen molar-refractivity contribution in [2.24, 2.45) is 5.10 Å². The molecular weight excluding hydrogens is 211 g/mol. The largest absolute Gasteiger partial charge is 0.397 e. The van der Waals surface area contributed by atoms with Gasteiger partial charge in [-0.3, -0.25) is 9.78 Å². The van der Waals surface area contributed by atoms with Crippen molar-refractivity contribution in [3.05, 3.63) is 18.5 Å². The molecule has 0 fully saturated rings. The third-order valence-corrected chi connectivity index (χ3v) is 2.30. The first-order chi connectivity index (χ1) is 7.63. The molecule has 1 atom stereocenters. The Labute approximate surface area is 91.8 Å². The van der Waals surface area contributed by atoms with Gasteiger partial charge in [-0.1, -0.05) is 6.92 Å². The first-order valence-electron chi connectivity index (χ1n) is 4.89. The first kappa shape index (κ1) is 10.5. The lowest BCUT2D eigenvalue weighted by Gasteiger charge is -2.11. The zero-order valence-electron chi connectivity index (χ0n) is 8.72. The van der Waals surface area contributed by atoms with Crippen LogP contribution in [0.1, 0.15) is 13.3 Å². The molecule has 1 aliphatic heterocycles. The second-order valence-corrected chi connectivity index (χ2v) is 3.43. The number of hydrogen-bond donors (Lipinski definition) is 1. The highest BCUT2D eigenvalue weighted by atomic mass is 19.1. The summed E-state index contributed by atoms with van der Waals surface area (Å²) in [6, 6.07) is 1.53. The molecule has 0 unspecified atom stereocenters. The Kier molecular flexibility index (Phi) is 2.55. The molecule has 1 amide bonds. The van der Waals surface area contributed by atoms with Gasteiger partial charge in [0, 0.05) is 6.20 Å². The quantitative estimate of drug-likeness (QED) is 0.814. The van der Waals surface area contributed by atoms with Crippen LogP contribution in [0.5, 0.6) is 0 Å². The molecule has 0 bridgehead atoms. The third-order valence-electron chi connectivity index (χ3n) is 2.30. The van der Waals surface area contributed by atoms with Crippen LogP contribution >= 0.6 is 0 Å². The maximum absolute atomic E-state index is 13.4. The Morgan fingerprint density at radius 3 is 2.88 bits per heavy atom. The molecule has 1 aliphatic rings. The molecule has 0 saturated heterocycles. The first-order valence-corrected chi connectivity index (χ1v) is 4.89. The van der Waals surface area contributed by atoms with Gasteiger partial charge >= 0.3 is 0 Å². The van der Waals surface area contributed by atoms with Crippen LogP contribution in [0.3, 0.4) is 0 Å². The van der Waals surface area contributed by atoms with E-state index in [1.807, 2.05) is 0 Å². The van der Waals surface area contributed by atoms with Gasteiger partial charge in [-0.2, -0.15) is 10.1 Å². The van der Waals surface area contributed by atoms with Crippen molar-refractivity contribution < 1.29 is 9.18 Å². The number of nitrogen functional groups attached to an aromatic ring is 1. The number of hydrogen-bond acceptors (Lipinski definition) is 4. The molecule has 2 N–H and O–H groups in total. The minimum absolute atomic E-state index is 0.229. The number of carbonyl (C=O) groups excluding carboxylic acids is 1. The average molecular weight is 222 g/mol. The molecule has 1 aromatic heterocycles. The molecule has 0 radical (unpaired) electrons. The molecule has 0 spiro atoms. The second-order valence-electron chi connectivity index (χ2n) is 3.43. The zero-order valence-corrected chi connectivity index (χ0v) is 8.72. The highest BCUT2D eigenvalue weighted by Gasteiger charge is 2.35. The number of nitrogens with zero attached hydrogens (tertiary/aromatic N) is 3. The van der Waals surface area contributed by atoms with Crippen LogP contribution in [-0.2, 0) is 4.79 Å². The number of nitrogens with two attached hydrogens (primary N) is 1. The van der Waals surface area contributed by atoms with Crippen LogP contribution < -0.4 is 10.7 Å². The smallest absolute Gasteiger partial charge is 0.287 e. The number of halogens is 1. The van der Waals surface area contributed by atoms with Gasteiger partial charge < -0.3 is 5.73 Å². The molecule has 1 aromatic rings. The fourth-order valence-electron chi connectivity index (χ4n) is 1.47. The standard InChI is InChI=1S/C10H11FN4O/c1-2-8-9(11)10(16)15(14-8)7-3-6(12)4-13-5-7/h3-5,9H,2,12H2,1H3/t9-/m1/s1. The number of amides is 1. The maximum atomic E-state index is 13.4. The number of carbonyl (C=O) groups is 1. The Morgan fingerprint density at radius 2 is 2.31 bits per heavy atom. The Bertz CT molecular complexity index is 460. The predicted molar refractivity (Wildman–Crippen MR) is 58.8 cm³/mol. The lowest BCUT2D eigenvalue weighted by molar-refractivity contribution is -0.120. The van der Waals surface area contributed by atoms with E-state index in [4.69, 9.17) is 5.73 Å². The summed E-state index contributed by atoms with van der Waals surface area (Å²) >= 11 is 0. The lowest BCUT2D eigenvalue weighted by atomic mass is 10.2. The molecule has 0 aliphatic carbocycles. The summed E-state index contributed by atoms with van der Waals surface area (Å²) in [6.07, 6.45) is 1.62. The van der Waals surface area contributed by atoms with Gasteiger partial charge in [0.1, 0.15) is 0 Å². The molecule has 2 heterocycles. The SMILES string of the molecule is CCC1=NN(c2cncc(N)c2)C(=O)[C@@H]1F. The summed E-state index contributed by atoms with van der Waals surface area (Å²) in [5.41, 5.74) is 6.55. The summed E-state index contributed by atoms with van der Waals surface area (Å²) in [5, 5.41) is 4.92. The molecule has 16 heavy (non-hydrogen) atoms. The van der Waals surface area contributed by atoms with E-state index >= 15 is 0 Å². The lowest BCUT2D eigenvalue weighted by Crippen LogP contribution is -2.28. The van der Waals surface area contributed by atoms with Crippen molar-refractivity contribution in [1.29, 1.82) is 0 Å². The summed E-state index contributed by atoms with van der Waals surface area (Å²) in [5.74, 6) is -0.691. The monoisotopic (exact) mass is 222 g/mol. The van der Waals surface area contributed by atoms with Crippen molar-refractivity contribution in [1.82, 2.24) is 4.98 Å². The Hall–Kier alpha value is -1.98. The van der Waals surface area contributed by atoms with Crippen molar-refractivity contribution >= 4 is 23.0 Å². The van der Waals surface area contributed by atoms with E-state index in [2.05, 4.69) is 10.1 Å². The van der Waals surface area contributed by atoms with E-state index < -0.39 is 12.1 Å². The highest BCUT2D eigenvalue weighted by Crippen LogP contribution is 2.23. The summed E-state index contributed by atoms with van der Waals surface area (Å²) in [7, 11) is 0.